The van der Waals surface area contributed by atoms with Gasteiger partial charge in [0.2, 0.25) is 0 Å². The van der Waals surface area contributed by atoms with Crippen LogP contribution in [0.2, 0.25) is 0 Å². The monoisotopic (exact) mass is 262 g/mol. The van der Waals surface area contributed by atoms with E-state index in [1.807, 2.05) is 18.2 Å². The number of ether oxygens (including phenoxy) is 1. The van der Waals surface area contributed by atoms with Crippen LogP contribution in [0, 0.1) is 5.41 Å². The highest BCUT2D eigenvalue weighted by atomic mass is 16.5. The summed E-state index contributed by atoms with van der Waals surface area (Å²) in [5.74, 6) is 0.410. The fourth-order valence-corrected chi connectivity index (χ4v) is 2.82. The molecule has 106 valence electrons. The van der Waals surface area contributed by atoms with Gasteiger partial charge in [0, 0.05) is 6.61 Å². The average Bonchev–Trinajstić information content (AvgIpc) is 2.85. The molecule has 0 saturated heterocycles. The molecule has 1 aromatic rings. The molecule has 0 aliphatic heterocycles. The molecule has 1 N–H and O–H groups in total. The molecule has 0 atom stereocenters. The van der Waals surface area contributed by atoms with Gasteiger partial charge in [-0.25, -0.2) is 0 Å². The Labute approximate surface area is 116 Å². The van der Waals surface area contributed by atoms with Crippen LogP contribution < -0.4 is 0 Å². The zero-order chi connectivity index (χ0) is 13.7. The van der Waals surface area contributed by atoms with Crippen LogP contribution >= 0.6 is 0 Å². The minimum absolute atomic E-state index is 0.164. The van der Waals surface area contributed by atoms with Gasteiger partial charge in [-0.1, -0.05) is 44.9 Å². The molecule has 2 nitrogen and oxygen atoms in total. The normalized spacial score (nSPS) is 16.9. The first-order chi connectivity index (χ1) is 9.07. The van der Waals surface area contributed by atoms with E-state index >= 15 is 0 Å². The zero-order valence-electron chi connectivity index (χ0n) is 12.2. The highest BCUT2D eigenvalue weighted by molar-refractivity contribution is 5.32. The van der Waals surface area contributed by atoms with Crippen molar-refractivity contribution in [3.8, 4) is 5.75 Å². The quantitative estimate of drug-likeness (QED) is 0.827. The fraction of sp³-hybridized carbons (Fsp3) is 0.647. The van der Waals surface area contributed by atoms with Crippen molar-refractivity contribution in [1.82, 2.24) is 0 Å². The summed E-state index contributed by atoms with van der Waals surface area (Å²) < 4.78 is 5.94. The molecule has 0 spiro atoms. The van der Waals surface area contributed by atoms with E-state index in [0.29, 0.717) is 11.9 Å². The van der Waals surface area contributed by atoms with Gasteiger partial charge in [0.15, 0.2) is 0 Å². The number of rotatable bonds is 6. The predicted octanol–water partition coefficient (Wildman–Crippen LogP) is 4.31. The summed E-state index contributed by atoms with van der Waals surface area (Å²) in [7, 11) is 0. The van der Waals surface area contributed by atoms with Crippen LogP contribution in [0.4, 0.5) is 0 Å². The van der Waals surface area contributed by atoms with E-state index in [9.17, 15) is 5.11 Å². The molecule has 2 rings (SSSR count). The first-order valence-corrected chi connectivity index (χ1v) is 7.45. The van der Waals surface area contributed by atoms with Crippen molar-refractivity contribution < 1.29 is 9.84 Å². The van der Waals surface area contributed by atoms with Crippen molar-refractivity contribution in [1.29, 1.82) is 0 Å². The molecule has 1 fully saturated rings. The van der Waals surface area contributed by atoms with Crippen LogP contribution in [0.3, 0.4) is 0 Å². The third-order valence-corrected chi connectivity index (χ3v) is 4.10. The summed E-state index contributed by atoms with van der Waals surface area (Å²) in [6.45, 7) is 5.33. The van der Waals surface area contributed by atoms with Crippen LogP contribution in [-0.2, 0) is 11.2 Å². The van der Waals surface area contributed by atoms with Gasteiger partial charge in [0.05, 0.1) is 6.10 Å². The lowest BCUT2D eigenvalue weighted by Crippen LogP contribution is -2.20. The van der Waals surface area contributed by atoms with Crippen LogP contribution in [0.1, 0.15) is 51.5 Å². The molecule has 0 radical (unpaired) electrons. The predicted molar refractivity (Wildman–Crippen MR) is 78.4 cm³/mol. The van der Waals surface area contributed by atoms with Crippen molar-refractivity contribution in [2.75, 3.05) is 6.61 Å². The third kappa shape index (κ3) is 4.54. The van der Waals surface area contributed by atoms with E-state index in [1.165, 1.54) is 25.7 Å². The molecule has 2 heteroatoms. The van der Waals surface area contributed by atoms with Gasteiger partial charge in [-0.2, -0.15) is 0 Å². The Balaban J connectivity index is 1.79. The van der Waals surface area contributed by atoms with Crippen molar-refractivity contribution >= 4 is 0 Å². The summed E-state index contributed by atoms with van der Waals surface area (Å²) in [4.78, 5) is 0. The number of benzene rings is 1. The van der Waals surface area contributed by atoms with Gasteiger partial charge in [-0.3, -0.25) is 0 Å². The van der Waals surface area contributed by atoms with E-state index < -0.39 is 0 Å². The van der Waals surface area contributed by atoms with E-state index in [0.717, 1.165) is 25.0 Å². The molecule has 0 amide bonds. The Hall–Kier alpha value is -1.02. The Bertz CT molecular complexity index is 392. The third-order valence-electron chi connectivity index (χ3n) is 4.10. The molecule has 1 aliphatic rings. The molecule has 0 aromatic heterocycles. The number of hydrogen-bond acceptors (Lipinski definition) is 2. The van der Waals surface area contributed by atoms with E-state index in [1.54, 1.807) is 6.07 Å². The number of hydrogen-bond donors (Lipinski definition) is 1. The smallest absolute Gasteiger partial charge is 0.118 e. The fourth-order valence-electron chi connectivity index (χ4n) is 2.82. The molecule has 0 unspecified atom stereocenters. The molecular weight excluding hydrogens is 236 g/mol. The van der Waals surface area contributed by atoms with Crippen molar-refractivity contribution in [2.45, 2.75) is 58.5 Å². The summed E-state index contributed by atoms with van der Waals surface area (Å²) in [5.41, 5.74) is 1.20. The Morgan fingerprint density at radius 3 is 2.58 bits per heavy atom. The maximum atomic E-state index is 9.84. The number of aromatic hydroxyl groups is 1. The van der Waals surface area contributed by atoms with Crippen molar-refractivity contribution in [3.05, 3.63) is 29.8 Å². The highest BCUT2D eigenvalue weighted by Crippen LogP contribution is 2.30. The maximum absolute atomic E-state index is 9.84. The molecule has 19 heavy (non-hydrogen) atoms. The second-order valence-electron chi connectivity index (χ2n) is 6.50. The molecule has 1 saturated carbocycles. The lowest BCUT2D eigenvalue weighted by Gasteiger charge is -2.26. The van der Waals surface area contributed by atoms with E-state index in [2.05, 4.69) is 13.8 Å². The average molecular weight is 262 g/mol. The second kappa shape index (κ2) is 6.42. The van der Waals surface area contributed by atoms with Gasteiger partial charge in [-0.15, -0.1) is 0 Å². The van der Waals surface area contributed by atoms with E-state index in [-0.39, 0.29) is 5.41 Å². The maximum Gasteiger partial charge on any atom is 0.118 e. The summed E-state index contributed by atoms with van der Waals surface area (Å²) in [6, 6.07) is 7.63. The lowest BCUT2D eigenvalue weighted by molar-refractivity contribution is 0.0398. The van der Waals surface area contributed by atoms with Crippen LogP contribution in [0.25, 0.3) is 0 Å². The first kappa shape index (κ1) is 14.4. The largest absolute Gasteiger partial charge is 0.508 e. The summed E-state index contributed by atoms with van der Waals surface area (Å²) in [6.07, 6.45) is 7.56. The minimum Gasteiger partial charge on any atom is -0.508 e. The van der Waals surface area contributed by atoms with Crippen LogP contribution in [0.15, 0.2) is 24.3 Å². The van der Waals surface area contributed by atoms with Gasteiger partial charge >= 0.3 is 0 Å². The first-order valence-electron chi connectivity index (χ1n) is 7.45. The Morgan fingerprint density at radius 1 is 1.21 bits per heavy atom. The summed E-state index contributed by atoms with van der Waals surface area (Å²) >= 11 is 0. The lowest BCUT2D eigenvalue weighted by atomic mass is 9.83. The molecule has 0 bridgehead atoms. The molecular formula is C17H26O2. The van der Waals surface area contributed by atoms with Gasteiger partial charge in [0.1, 0.15) is 5.75 Å². The van der Waals surface area contributed by atoms with Gasteiger partial charge in [-0.05, 0) is 42.7 Å². The van der Waals surface area contributed by atoms with Gasteiger partial charge < -0.3 is 9.84 Å². The van der Waals surface area contributed by atoms with Gasteiger partial charge in [0.25, 0.3) is 0 Å². The number of phenolic OH excluding ortho intramolecular Hbond substituents is 1. The highest BCUT2D eigenvalue weighted by Gasteiger charge is 2.21. The Morgan fingerprint density at radius 2 is 1.89 bits per heavy atom. The van der Waals surface area contributed by atoms with Crippen molar-refractivity contribution in [2.24, 2.45) is 5.41 Å². The minimum atomic E-state index is 0.164. The Kier molecular flexibility index (Phi) is 4.87. The topological polar surface area (TPSA) is 29.5 Å². The zero-order valence-corrected chi connectivity index (χ0v) is 12.2. The van der Waals surface area contributed by atoms with Crippen LogP contribution in [-0.4, -0.2) is 17.8 Å². The van der Waals surface area contributed by atoms with E-state index in [4.69, 9.17) is 4.74 Å². The molecule has 1 aromatic carbocycles. The van der Waals surface area contributed by atoms with Crippen molar-refractivity contribution in [3.63, 3.8) is 0 Å². The second-order valence-corrected chi connectivity index (χ2v) is 6.50. The SMILES string of the molecule is CC(C)(CCOC1CCCC1)Cc1ccccc1O. The summed E-state index contributed by atoms with van der Waals surface area (Å²) in [5, 5.41) is 9.84. The number of para-hydroxylation sites is 1. The van der Waals surface area contributed by atoms with Crippen LogP contribution in [0.5, 0.6) is 5.75 Å². The number of phenols is 1. The molecule has 1 aliphatic carbocycles. The standard InChI is InChI=1S/C17H26O2/c1-17(2,11-12-19-15-8-4-5-9-15)13-14-7-3-6-10-16(14)18/h3,6-7,10,15,18H,4-5,8-9,11-13H2,1-2H3. The molecule has 0 heterocycles.